The molecule has 2 aromatic rings. The number of aliphatic imine (C=N–C) groups is 1. The Morgan fingerprint density at radius 2 is 1.79 bits per heavy atom. The van der Waals surface area contributed by atoms with Crippen molar-refractivity contribution in [2.75, 3.05) is 33.4 Å². The molecule has 1 saturated heterocycles. The molecule has 156 valence electrons. The third kappa shape index (κ3) is 5.51. The minimum absolute atomic E-state index is 0.0111. The molecule has 29 heavy (non-hydrogen) atoms. The van der Waals surface area contributed by atoms with Crippen LogP contribution in [0.2, 0.25) is 0 Å². The predicted octanol–water partition coefficient (Wildman–Crippen LogP) is 4.06. The van der Waals surface area contributed by atoms with Crippen molar-refractivity contribution in [1.29, 1.82) is 0 Å². The molecule has 3 rings (SSSR count). The highest BCUT2D eigenvalue weighted by molar-refractivity contribution is 5.80. The largest absolute Gasteiger partial charge is 0.497 e. The van der Waals surface area contributed by atoms with E-state index in [2.05, 4.69) is 60.9 Å². The number of ether oxygens (including phenoxy) is 2. The number of rotatable bonds is 7. The van der Waals surface area contributed by atoms with E-state index in [0.29, 0.717) is 0 Å². The third-order valence-corrected chi connectivity index (χ3v) is 5.69. The van der Waals surface area contributed by atoms with Gasteiger partial charge in [0.25, 0.3) is 0 Å². The van der Waals surface area contributed by atoms with E-state index >= 15 is 0 Å². The van der Waals surface area contributed by atoms with Crippen molar-refractivity contribution in [3.8, 4) is 5.75 Å². The van der Waals surface area contributed by atoms with E-state index in [1.807, 2.05) is 18.2 Å². The maximum atomic E-state index is 5.66. The number of hydrogen-bond donors (Lipinski definition) is 2. The topological polar surface area (TPSA) is 54.9 Å². The van der Waals surface area contributed by atoms with Gasteiger partial charge in [0.15, 0.2) is 5.96 Å². The Balaban J connectivity index is 1.79. The summed E-state index contributed by atoms with van der Waals surface area (Å²) in [6.07, 6.45) is 1.94. The first kappa shape index (κ1) is 21.2. The van der Waals surface area contributed by atoms with Crippen LogP contribution >= 0.6 is 0 Å². The molecule has 1 heterocycles. The Bertz CT molecular complexity index is 768. The van der Waals surface area contributed by atoms with Gasteiger partial charge in [0.1, 0.15) is 5.75 Å². The summed E-state index contributed by atoms with van der Waals surface area (Å²) in [5, 5.41) is 6.95. The molecule has 0 radical (unpaired) electrons. The molecular weight excluding hydrogens is 362 g/mol. The zero-order valence-electron chi connectivity index (χ0n) is 17.8. The van der Waals surface area contributed by atoms with Gasteiger partial charge in [-0.15, -0.1) is 0 Å². The molecule has 2 aromatic carbocycles. The van der Waals surface area contributed by atoms with Crippen molar-refractivity contribution in [3.63, 3.8) is 0 Å². The molecule has 2 N–H and O–H groups in total. The Hall–Kier alpha value is -2.53. The van der Waals surface area contributed by atoms with Crippen molar-refractivity contribution in [1.82, 2.24) is 10.6 Å². The lowest BCUT2D eigenvalue weighted by Gasteiger charge is -2.37. The molecule has 1 aliphatic rings. The Morgan fingerprint density at radius 3 is 2.41 bits per heavy atom. The minimum Gasteiger partial charge on any atom is -0.497 e. The molecule has 0 aliphatic carbocycles. The maximum Gasteiger partial charge on any atom is 0.191 e. The fraction of sp³-hybridized carbons (Fsp3) is 0.458. The monoisotopic (exact) mass is 395 g/mol. The van der Waals surface area contributed by atoms with Crippen LogP contribution in [0.3, 0.4) is 0 Å². The van der Waals surface area contributed by atoms with Gasteiger partial charge in [-0.2, -0.15) is 0 Å². The first-order valence-electron chi connectivity index (χ1n) is 10.5. The van der Waals surface area contributed by atoms with Crippen LogP contribution in [0.15, 0.2) is 59.6 Å². The van der Waals surface area contributed by atoms with E-state index in [1.165, 1.54) is 11.1 Å². The predicted molar refractivity (Wildman–Crippen MR) is 119 cm³/mol. The van der Waals surface area contributed by atoms with Crippen LogP contribution in [0, 0.1) is 0 Å². The van der Waals surface area contributed by atoms with Crippen LogP contribution in [0.4, 0.5) is 0 Å². The molecule has 1 atom stereocenters. The molecule has 5 nitrogen and oxygen atoms in total. The molecule has 1 unspecified atom stereocenters. The average molecular weight is 396 g/mol. The summed E-state index contributed by atoms with van der Waals surface area (Å²) in [6.45, 7) is 7.34. The van der Waals surface area contributed by atoms with Gasteiger partial charge in [-0.3, -0.25) is 4.99 Å². The van der Waals surface area contributed by atoms with Crippen molar-refractivity contribution in [3.05, 3.63) is 65.7 Å². The standard InChI is InChI=1S/C24H33N3O2/c1-4-25-23(27-19(2)20-8-6-5-7-9-20)26-18-24(14-16-29-17-15-24)21-10-12-22(28-3)13-11-21/h5-13,19H,4,14-18H2,1-3H3,(H2,25,26,27). The molecule has 0 aromatic heterocycles. The number of guanidine groups is 1. The summed E-state index contributed by atoms with van der Waals surface area (Å²) in [7, 11) is 1.70. The van der Waals surface area contributed by atoms with Gasteiger partial charge in [-0.05, 0) is 49.9 Å². The van der Waals surface area contributed by atoms with E-state index in [9.17, 15) is 0 Å². The lowest BCUT2D eigenvalue weighted by Crippen LogP contribution is -2.42. The lowest BCUT2D eigenvalue weighted by atomic mass is 9.74. The number of hydrogen-bond acceptors (Lipinski definition) is 3. The molecule has 0 spiro atoms. The van der Waals surface area contributed by atoms with Gasteiger partial charge in [-0.25, -0.2) is 0 Å². The summed E-state index contributed by atoms with van der Waals surface area (Å²) >= 11 is 0. The van der Waals surface area contributed by atoms with E-state index in [0.717, 1.165) is 50.9 Å². The van der Waals surface area contributed by atoms with Gasteiger partial charge >= 0.3 is 0 Å². The average Bonchev–Trinajstić information content (AvgIpc) is 2.79. The summed E-state index contributed by atoms with van der Waals surface area (Å²) in [4.78, 5) is 5.00. The quantitative estimate of drug-likeness (QED) is 0.548. The van der Waals surface area contributed by atoms with Gasteiger partial charge in [0, 0.05) is 25.2 Å². The van der Waals surface area contributed by atoms with Crippen molar-refractivity contribution in [2.24, 2.45) is 4.99 Å². The first-order valence-corrected chi connectivity index (χ1v) is 10.5. The first-order chi connectivity index (χ1) is 14.2. The van der Waals surface area contributed by atoms with Crippen LogP contribution in [0.1, 0.15) is 43.9 Å². The van der Waals surface area contributed by atoms with E-state index in [-0.39, 0.29) is 11.5 Å². The van der Waals surface area contributed by atoms with Gasteiger partial charge in [0.2, 0.25) is 0 Å². The second kappa shape index (κ2) is 10.3. The fourth-order valence-corrected chi connectivity index (χ4v) is 3.83. The fourth-order valence-electron chi connectivity index (χ4n) is 3.83. The molecule has 0 bridgehead atoms. The zero-order valence-corrected chi connectivity index (χ0v) is 17.8. The van der Waals surface area contributed by atoms with Crippen molar-refractivity contribution < 1.29 is 9.47 Å². The normalized spacial score (nSPS) is 17.4. The summed E-state index contributed by atoms with van der Waals surface area (Å²) in [5.41, 5.74) is 2.54. The van der Waals surface area contributed by atoms with Gasteiger partial charge in [0.05, 0.1) is 19.7 Å². The smallest absolute Gasteiger partial charge is 0.191 e. The highest BCUT2D eigenvalue weighted by Gasteiger charge is 2.34. The molecule has 0 saturated carbocycles. The highest BCUT2D eigenvalue weighted by atomic mass is 16.5. The Labute approximate surface area is 174 Å². The number of nitrogens with zero attached hydrogens (tertiary/aromatic N) is 1. The Morgan fingerprint density at radius 1 is 1.10 bits per heavy atom. The molecular formula is C24H33N3O2. The molecule has 1 fully saturated rings. The van der Waals surface area contributed by atoms with Crippen LogP contribution in [0.25, 0.3) is 0 Å². The second-order valence-corrected chi connectivity index (χ2v) is 7.59. The number of methoxy groups -OCH3 is 1. The highest BCUT2D eigenvalue weighted by Crippen LogP contribution is 2.36. The third-order valence-electron chi connectivity index (χ3n) is 5.69. The SMILES string of the molecule is CCNC(=NCC1(c2ccc(OC)cc2)CCOCC1)NC(C)c1ccccc1. The molecule has 5 heteroatoms. The van der Waals surface area contributed by atoms with Crippen LogP contribution in [0.5, 0.6) is 5.75 Å². The molecule has 1 aliphatic heterocycles. The summed E-state index contributed by atoms with van der Waals surface area (Å²) in [5.74, 6) is 1.73. The van der Waals surface area contributed by atoms with Crippen molar-refractivity contribution in [2.45, 2.75) is 38.1 Å². The number of benzene rings is 2. The Kier molecular flexibility index (Phi) is 7.53. The van der Waals surface area contributed by atoms with Crippen LogP contribution in [-0.4, -0.2) is 39.4 Å². The van der Waals surface area contributed by atoms with Crippen LogP contribution in [-0.2, 0) is 10.2 Å². The number of nitrogens with one attached hydrogen (secondary N) is 2. The molecule has 0 amide bonds. The van der Waals surface area contributed by atoms with Crippen molar-refractivity contribution >= 4 is 5.96 Å². The van der Waals surface area contributed by atoms with Crippen LogP contribution < -0.4 is 15.4 Å². The minimum atomic E-state index is -0.0111. The second-order valence-electron chi connectivity index (χ2n) is 7.59. The van der Waals surface area contributed by atoms with Gasteiger partial charge in [-0.1, -0.05) is 42.5 Å². The summed E-state index contributed by atoms with van der Waals surface area (Å²) < 4.78 is 11.0. The van der Waals surface area contributed by atoms with Gasteiger partial charge < -0.3 is 20.1 Å². The van der Waals surface area contributed by atoms with E-state index < -0.39 is 0 Å². The lowest BCUT2D eigenvalue weighted by molar-refractivity contribution is 0.0531. The zero-order chi connectivity index (χ0) is 20.5. The maximum absolute atomic E-state index is 5.66. The van der Waals surface area contributed by atoms with E-state index in [1.54, 1.807) is 7.11 Å². The van der Waals surface area contributed by atoms with E-state index in [4.69, 9.17) is 14.5 Å². The summed E-state index contributed by atoms with van der Waals surface area (Å²) in [6, 6.07) is 19.1.